The number of esters is 1. The van der Waals surface area contributed by atoms with Gasteiger partial charge in [0, 0.05) is 19.6 Å². The van der Waals surface area contributed by atoms with Crippen LogP contribution in [0.1, 0.15) is 90.9 Å². The van der Waals surface area contributed by atoms with Gasteiger partial charge < -0.3 is 14.2 Å². The van der Waals surface area contributed by atoms with Crippen molar-refractivity contribution in [3.63, 3.8) is 0 Å². The summed E-state index contributed by atoms with van der Waals surface area (Å²) in [6.45, 7) is 4.21. The van der Waals surface area contributed by atoms with Crippen LogP contribution in [0, 0.1) is 11.8 Å². The fourth-order valence-electron chi connectivity index (χ4n) is 3.25. The summed E-state index contributed by atoms with van der Waals surface area (Å²) in [4.78, 5) is 11.8. The molecule has 0 spiro atoms. The average Bonchev–Trinajstić information content (AvgIpc) is 2.93. The van der Waals surface area contributed by atoms with E-state index in [0.717, 1.165) is 12.8 Å². The van der Waals surface area contributed by atoms with Crippen molar-refractivity contribution in [1.82, 2.24) is 0 Å². The van der Waals surface area contributed by atoms with Crippen molar-refractivity contribution < 1.29 is 19.0 Å². The normalized spacial score (nSPS) is 20.6. The minimum absolute atomic E-state index is 0.134. The highest BCUT2D eigenvalue weighted by Crippen LogP contribution is 2.23. The lowest BCUT2D eigenvalue weighted by Crippen LogP contribution is -2.23. The van der Waals surface area contributed by atoms with E-state index >= 15 is 0 Å². The smallest absolute Gasteiger partial charge is 0.337 e. The summed E-state index contributed by atoms with van der Waals surface area (Å²) < 4.78 is 15.6. The fourth-order valence-corrected chi connectivity index (χ4v) is 3.25. The maximum absolute atomic E-state index is 11.8. The molecule has 0 amide bonds. The maximum atomic E-state index is 11.8. The summed E-state index contributed by atoms with van der Waals surface area (Å²) in [5.41, 5.74) is 0.492. The summed E-state index contributed by atoms with van der Waals surface area (Å²) in [6, 6.07) is 0. The third-order valence-electron chi connectivity index (χ3n) is 4.86. The van der Waals surface area contributed by atoms with Gasteiger partial charge in [-0.1, -0.05) is 83.0 Å². The maximum Gasteiger partial charge on any atom is 0.337 e. The number of hydrogen-bond donors (Lipinski definition) is 0. The Morgan fingerprint density at radius 2 is 1.59 bits per heavy atom. The Labute approximate surface area is 166 Å². The lowest BCUT2D eigenvalue weighted by molar-refractivity contribution is -0.140. The van der Waals surface area contributed by atoms with E-state index in [2.05, 4.69) is 18.8 Å². The predicted octanol–water partition coefficient (Wildman–Crippen LogP) is 5.55. The zero-order valence-corrected chi connectivity index (χ0v) is 17.6. The molecule has 0 aliphatic carbocycles. The summed E-state index contributed by atoms with van der Waals surface area (Å²) in [6.07, 6.45) is 16.5. The molecule has 27 heavy (non-hydrogen) atoms. The van der Waals surface area contributed by atoms with Gasteiger partial charge in [0.2, 0.25) is 0 Å². The van der Waals surface area contributed by atoms with Gasteiger partial charge in [0.25, 0.3) is 0 Å². The number of cyclic esters (lactones) is 1. The Morgan fingerprint density at radius 1 is 1.00 bits per heavy atom. The van der Waals surface area contributed by atoms with E-state index < -0.39 is 6.10 Å². The molecule has 0 radical (unpaired) electrons. The van der Waals surface area contributed by atoms with E-state index in [4.69, 9.17) is 14.2 Å². The van der Waals surface area contributed by atoms with Crippen molar-refractivity contribution in [2.45, 2.75) is 103 Å². The second kappa shape index (κ2) is 15.7. The van der Waals surface area contributed by atoms with Crippen molar-refractivity contribution >= 4 is 5.97 Å². The Morgan fingerprint density at radius 3 is 2.19 bits per heavy atom. The average molecular weight is 379 g/mol. The van der Waals surface area contributed by atoms with Gasteiger partial charge in [-0.15, -0.1) is 0 Å². The first-order valence-electron chi connectivity index (χ1n) is 10.7. The Bertz CT molecular complexity index is 486. The van der Waals surface area contributed by atoms with E-state index in [1.54, 1.807) is 13.2 Å². The number of rotatable bonds is 14. The summed E-state index contributed by atoms with van der Waals surface area (Å²) in [7, 11) is 1.55. The lowest BCUT2D eigenvalue weighted by Gasteiger charge is -2.13. The van der Waals surface area contributed by atoms with E-state index in [-0.39, 0.29) is 18.9 Å². The van der Waals surface area contributed by atoms with Crippen LogP contribution in [-0.2, 0) is 19.0 Å². The number of methoxy groups -OCH3 is 1. The summed E-state index contributed by atoms with van der Waals surface area (Å²) >= 11 is 0. The van der Waals surface area contributed by atoms with E-state index in [0.29, 0.717) is 5.57 Å². The molecule has 0 aromatic rings. The van der Waals surface area contributed by atoms with Gasteiger partial charge in [0.15, 0.2) is 0 Å². The van der Waals surface area contributed by atoms with Gasteiger partial charge in [-0.05, 0) is 13.3 Å². The molecular weight excluding hydrogens is 340 g/mol. The van der Waals surface area contributed by atoms with Crippen LogP contribution in [0.15, 0.2) is 11.6 Å². The van der Waals surface area contributed by atoms with Crippen molar-refractivity contribution in [3.05, 3.63) is 11.6 Å². The molecule has 1 aliphatic rings. The standard InChI is InChI=1S/C23H38O4/c1-4-5-6-7-8-9-10-11-12-13-14-15-16-17-18-21-22(26-19-25-3)20(2)27-23(21)24/h18,20,22H,4-15,19H2,1-3H3/b21-18+/t20-,22+/m0/s1. The molecular formula is C23H38O4. The van der Waals surface area contributed by atoms with Crippen LogP contribution in [0.2, 0.25) is 0 Å². The first-order valence-corrected chi connectivity index (χ1v) is 10.7. The van der Waals surface area contributed by atoms with Crippen LogP contribution >= 0.6 is 0 Å². The SMILES string of the molecule is CCCCCCCCCCCCCC#C/C=C1/C(=O)O[C@@H](C)[C@H]1OCOC. The van der Waals surface area contributed by atoms with Gasteiger partial charge in [0.1, 0.15) is 19.0 Å². The van der Waals surface area contributed by atoms with Crippen molar-refractivity contribution in [1.29, 1.82) is 0 Å². The molecule has 1 rings (SSSR count). The molecule has 1 aliphatic heterocycles. The van der Waals surface area contributed by atoms with Gasteiger partial charge in [-0.25, -0.2) is 4.79 Å². The Kier molecular flexibility index (Phi) is 13.8. The largest absolute Gasteiger partial charge is 0.456 e. The molecule has 4 nitrogen and oxygen atoms in total. The molecule has 2 atom stereocenters. The molecule has 154 valence electrons. The predicted molar refractivity (Wildman–Crippen MR) is 109 cm³/mol. The number of allylic oxidation sites excluding steroid dienone is 1. The molecule has 4 heteroatoms. The van der Waals surface area contributed by atoms with E-state index in [1.165, 1.54) is 64.2 Å². The van der Waals surface area contributed by atoms with Crippen molar-refractivity contribution in [2.24, 2.45) is 0 Å². The highest BCUT2D eigenvalue weighted by atomic mass is 16.7. The van der Waals surface area contributed by atoms with Crippen LogP contribution in [0.25, 0.3) is 0 Å². The minimum atomic E-state index is -0.395. The highest BCUT2D eigenvalue weighted by molar-refractivity contribution is 5.92. The monoisotopic (exact) mass is 378 g/mol. The lowest BCUT2D eigenvalue weighted by atomic mass is 10.1. The van der Waals surface area contributed by atoms with Crippen molar-refractivity contribution in [3.8, 4) is 11.8 Å². The first kappa shape index (κ1) is 23.7. The Balaban J connectivity index is 2.10. The topological polar surface area (TPSA) is 44.8 Å². The van der Waals surface area contributed by atoms with Crippen LogP contribution < -0.4 is 0 Å². The minimum Gasteiger partial charge on any atom is -0.456 e. The molecule has 0 aromatic heterocycles. The Hall–Kier alpha value is -1.31. The fraction of sp³-hybridized carbons (Fsp3) is 0.783. The second-order valence-electron chi connectivity index (χ2n) is 7.31. The molecule has 1 heterocycles. The number of carbonyl (C=O) groups is 1. The number of carbonyl (C=O) groups excluding carboxylic acids is 1. The number of unbranched alkanes of at least 4 members (excludes halogenated alkanes) is 11. The zero-order chi connectivity index (χ0) is 19.7. The third-order valence-corrected chi connectivity index (χ3v) is 4.86. The molecule has 0 bridgehead atoms. The van der Waals surface area contributed by atoms with Crippen LogP contribution in [0.4, 0.5) is 0 Å². The molecule has 0 saturated carbocycles. The van der Waals surface area contributed by atoms with E-state index in [1.807, 2.05) is 6.92 Å². The molecule has 1 fully saturated rings. The number of hydrogen-bond acceptors (Lipinski definition) is 4. The van der Waals surface area contributed by atoms with Crippen LogP contribution in [0.5, 0.6) is 0 Å². The summed E-state index contributed by atoms with van der Waals surface area (Å²) in [5.74, 6) is 5.78. The van der Waals surface area contributed by atoms with Crippen molar-refractivity contribution in [2.75, 3.05) is 13.9 Å². The van der Waals surface area contributed by atoms with Gasteiger partial charge in [-0.2, -0.15) is 0 Å². The van der Waals surface area contributed by atoms with Gasteiger partial charge >= 0.3 is 5.97 Å². The molecule has 0 N–H and O–H groups in total. The van der Waals surface area contributed by atoms with Gasteiger partial charge in [0.05, 0.1) is 5.57 Å². The highest BCUT2D eigenvalue weighted by Gasteiger charge is 2.37. The first-order chi connectivity index (χ1) is 13.2. The van der Waals surface area contributed by atoms with E-state index in [9.17, 15) is 4.79 Å². The second-order valence-corrected chi connectivity index (χ2v) is 7.31. The zero-order valence-electron chi connectivity index (χ0n) is 17.6. The van der Waals surface area contributed by atoms with Crippen LogP contribution in [0.3, 0.4) is 0 Å². The summed E-state index contributed by atoms with van der Waals surface area (Å²) in [5, 5.41) is 0. The number of ether oxygens (including phenoxy) is 3. The molecule has 1 saturated heterocycles. The third kappa shape index (κ3) is 10.6. The molecule has 0 aromatic carbocycles. The molecule has 0 unspecified atom stereocenters. The van der Waals surface area contributed by atoms with Crippen LogP contribution in [-0.4, -0.2) is 32.1 Å². The van der Waals surface area contributed by atoms with Gasteiger partial charge in [-0.3, -0.25) is 0 Å². The quantitative estimate of drug-likeness (QED) is 0.131.